The Morgan fingerprint density at radius 1 is 1.43 bits per heavy atom. The third-order valence-electron chi connectivity index (χ3n) is 6.04. The number of primary amides is 1. The number of carbonyl (C=O) groups excluding carboxylic acids is 1. The lowest BCUT2D eigenvalue weighted by atomic mass is 9.66. The van der Waals surface area contributed by atoms with Crippen LogP contribution in [0.4, 0.5) is 4.79 Å². The lowest BCUT2D eigenvalue weighted by molar-refractivity contribution is -0.155. The zero-order valence-corrected chi connectivity index (χ0v) is 18.7. The average Bonchev–Trinajstić information content (AvgIpc) is 2.93. The first-order valence-corrected chi connectivity index (χ1v) is 11.1. The largest absolute Gasteiger partial charge is 0.444 e. The smallest absolute Gasteiger partial charge is 0.404 e. The summed E-state index contributed by atoms with van der Waals surface area (Å²) < 4.78 is 17.7. The lowest BCUT2D eigenvalue weighted by Gasteiger charge is -2.47. The minimum Gasteiger partial charge on any atom is -0.444 e. The van der Waals surface area contributed by atoms with Crippen LogP contribution < -0.4 is 5.73 Å². The Labute approximate surface area is 181 Å². The molecule has 1 aliphatic heterocycles. The Balaban J connectivity index is 1.93. The van der Waals surface area contributed by atoms with Gasteiger partial charge < -0.3 is 25.1 Å². The molecule has 2 heterocycles. The van der Waals surface area contributed by atoms with Crippen molar-refractivity contribution in [3.05, 3.63) is 30.1 Å². The minimum atomic E-state index is -1.19. The number of aromatic nitrogens is 2. The zero-order chi connectivity index (χ0) is 21.9. The molecule has 1 saturated heterocycles. The van der Waals surface area contributed by atoms with Gasteiger partial charge in [-0.1, -0.05) is 23.4 Å². The van der Waals surface area contributed by atoms with Crippen LogP contribution >= 0.6 is 11.8 Å². The van der Waals surface area contributed by atoms with Crippen LogP contribution in [-0.4, -0.2) is 63.5 Å². The first-order chi connectivity index (χ1) is 14.2. The molecule has 3 N–H and O–H groups in total. The highest BCUT2D eigenvalue weighted by molar-refractivity contribution is 7.99. The second kappa shape index (κ2) is 9.21. The molecule has 30 heavy (non-hydrogen) atoms. The van der Waals surface area contributed by atoms with Crippen molar-refractivity contribution in [1.82, 2.24) is 9.97 Å². The summed E-state index contributed by atoms with van der Waals surface area (Å²) in [5.74, 6) is 0.131. The number of carbonyl (C=O) groups is 1. The number of fused-ring (bicyclic) bond motifs is 1. The van der Waals surface area contributed by atoms with Crippen LogP contribution in [-0.2, 0) is 14.2 Å². The molecular formula is C21H31N3O5S. The Bertz CT molecular complexity index is 771. The number of ether oxygens (including phenoxy) is 3. The fourth-order valence-corrected chi connectivity index (χ4v) is 5.79. The molecule has 2 fully saturated rings. The maximum Gasteiger partial charge on any atom is 0.404 e. The molecule has 1 saturated carbocycles. The summed E-state index contributed by atoms with van der Waals surface area (Å²) in [4.78, 5) is 20.0. The van der Waals surface area contributed by atoms with E-state index in [1.807, 2.05) is 13.8 Å². The number of thioether (sulfide) groups is 1. The predicted octanol–water partition coefficient (Wildman–Crippen LogP) is 2.70. The van der Waals surface area contributed by atoms with Gasteiger partial charge in [-0.25, -0.2) is 14.8 Å². The van der Waals surface area contributed by atoms with Crippen LogP contribution in [0.5, 0.6) is 0 Å². The van der Waals surface area contributed by atoms with E-state index in [9.17, 15) is 9.90 Å². The highest BCUT2D eigenvalue weighted by Crippen LogP contribution is 2.54. The molecule has 0 radical (unpaired) electrons. The summed E-state index contributed by atoms with van der Waals surface area (Å²) in [5, 5.41) is 12.3. The van der Waals surface area contributed by atoms with Crippen LogP contribution in [0.2, 0.25) is 0 Å². The first kappa shape index (κ1) is 23.0. The number of rotatable bonds is 7. The molecule has 2 aliphatic rings. The van der Waals surface area contributed by atoms with Crippen molar-refractivity contribution < 1.29 is 24.1 Å². The van der Waals surface area contributed by atoms with Gasteiger partial charge in [-0.2, -0.15) is 0 Å². The molecular weight excluding hydrogens is 406 g/mol. The fraction of sp³-hybridized carbons (Fsp3) is 0.667. The van der Waals surface area contributed by atoms with Gasteiger partial charge in [-0.05, 0) is 46.1 Å². The van der Waals surface area contributed by atoms with Crippen molar-refractivity contribution in [2.24, 2.45) is 11.7 Å². The maximum absolute atomic E-state index is 11.6. The number of hydrogen-bond acceptors (Lipinski definition) is 8. The molecule has 8 nitrogen and oxygen atoms in total. The number of aliphatic hydroxyl groups is 1. The molecule has 0 aromatic carbocycles. The van der Waals surface area contributed by atoms with Gasteiger partial charge in [0.05, 0.1) is 17.3 Å². The van der Waals surface area contributed by atoms with E-state index in [-0.39, 0.29) is 0 Å². The van der Waals surface area contributed by atoms with Crippen molar-refractivity contribution in [2.45, 2.75) is 74.7 Å². The van der Waals surface area contributed by atoms with Crippen LogP contribution in [0.15, 0.2) is 35.3 Å². The quantitative estimate of drug-likeness (QED) is 0.380. The topological polar surface area (TPSA) is 117 Å². The van der Waals surface area contributed by atoms with Gasteiger partial charge in [-0.15, -0.1) is 0 Å². The van der Waals surface area contributed by atoms with Crippen LogP contribution in [0.3, 0.4) is 0 Å². The molecule has 4 unspecified atom stereocenters. The Hall–Kier alpha value is -1.68. The Kier molecular flexibility index (Phi) is 7.06. The monoisotopic (exact) mass is 437 g/mol. The average molecular weight is 438 g/mol. The van der Waals surface area contributed by atoms with E-state index >= 15 is 0 Å². The minimum absolute atomic E-state index is 0.417. The summed E-state index contributed by atoms with van der Waals surface area (Å²) in [5.41, 5.74) is 4.57. The number of nitrogens with zero attached hydrogens (tertiary/aromatic N) is 2. The molecule has 6 atom stereocenters. The van der Waals surface area contributed by atoms with Crippen molar-refractivity contribution in [3.63, 3.8) is 0 Å². The highest BCUT2D eigenvalue weighted by Gasteiger charge is 2.66. The molecule has 1 aromatic heterocycles. The van der Waals surface area contributed by atoms with Gasteiger partial charge in [0.25, 0.3) is 0 Å². The summed E-state index contributed by atoms with van der Waals surface area (Å²) in [6.45, 7) is 5.82. The highest BCUT2D eigenvalue weighted by atomic mass is 32.2. The number of hydrogen-bond donors (Lipinski definition) is 2. The van der Waals surface area contributed by atoms with Gasteiger partial charge in [0, 0.05) is 31.2 Å². The molecule has 3 rings (SSSR count). The van der Waals surface area contributed by atoms with Crippen molar-refractivity contribution in [2.75, 3.05) is 12.9 Å². The number of nitrogens with two attached hydrogens (primary N) is 1. The standard InChI is InChI=1S/C21H31N3O5S/c1-13(2)6-7-15-20(3,26)17-16(27-4)14(28-18(22)25)8-9-21(17,29-15)12-30-19-23-10-5-11-24-19/h5-6,10-11,14-17,26H,7-9,12H2,1-4H3,(H2,22,25)/t14?,15?,16?,17?,20-,21+/m1/s1. The van der Waals surface area contributed by atoms with E-state index in [4.69, 9.17) is 19.9 Å². The second-order valence-corrected chi connectivity index (χ2v) is 9.37. The SMILES string of the molecule is COC1C(OC(N)=O)CC[C@@]2(CSc3ncccn3)OC(CC=C(C)C)[C@@](C)(O)C12. The van der Waals surface area contributed by atoms with E-state index in [1.165, 1.54) is 11.8 Å². The van der Waals surface area contributed by atoms with Crippen LogP contribution in [0, 0.1) is 5.92 Å². The van der Waals surface area contributed by atoms with Gasteiger partial charge in [-0.3, -0.25) is 0 Å². The predicted molar refractivity (Wildman–Crippen MR) is 113 cm³/mol. The van der Waals surface area contributed by atoms with Crippen LogP contribution in [0.25, 0.3) is 0 Å². The van der Waals surface area contributed by atoms with Gasteiger partial charge in [0.1, 0.15) is 12.2 Å². The third-order valence-corrected chi connectivity index (χ3v) is 7.14. The number of methoxy groups -OCH3 is 1. The molecule has 0 bridgehead atoms. The van der Waals surface area contributed by atoms with Crippen molar-refractivity contribution in [3.8, 4) is 0 Å². The summed E-state index contributed by atoms with van der Waals surface area (Å²) in [7, 11) is 1.56. The molecule has 1 aliphatic carbocycles. The van der Waals surface area contributed by atoms with Crippen molar-refractivity contribution >= 4 is 17.9 Å². The van der Waals surface area contributed by atoms with E-state index in [0.717, 1.165) is 5.57 Å². The van der Waals surface area contributed by atoms with Crippen molar-refractivity contribution in [1.29, 1.82) is 0 Å². The molecule has 1 amide bonds. The normalized spacial score (nSPS) is 35.5. The lowest BCUT2D eigenvalue weighted by Crippen LogP contribution is -2.60. The van der Waals surface area contributed by atoms with Gasteiger partial charge in [0.2, 0.25) is 0 Å². The Morgan fingerprint density at radius 2 is 2.13 bits per heavy atom. The second-order valence-electron chi connectivity index (χ2n) is 8.43. The van der Waals surface area contributed by atoms with Gasteiger partial charge in [0.15, 0.2) is 5.16 Å². The molecule has 9 heteroatoms. The summed E-state index contributed by atoms with van der Waals surface area (Å²) in [6, 6.07) is 1.77. The maximum atomic E-state index is 11.6. The fourth-order valence-electron chi connectivity index (χ4n) is 4.76. The summed E-state index contributed by atoms with van der Waals surface area (Å²) >= 11 is 1.49. The van der Waals surface area contributed by atoms with E-state index < -0.39 is 41.5 Å². The van der Waals surface area contributed by atoms with E-state index in [1.54, 1.807) is 32.5 Å². The van der Waals surface area contributed by atoms with E-state index in [2.05, 4.69) is 16.0 Å². The molecule has 166 valence electrons. The van der Waals surface area contributed by atoms with Crippen LogP contribution in [0.1, 0.15) is 40.0 Å². The summed E-state index contributed by atoms with van der Waals surface area (Å²) in [6.07, 6.45) is 4.81. The Morgan fingerprint density at radius 3 is 2.73 bits per heavy atom. The number of amides is 1. The number of allylic oxidation sites excluding steroid dienone is 1. The zero-order valence-electron chi connectivity index (χ0n) is 17.9. The molecule has 0 spiro atoms. The molecule has 1 aromatic rings. The van der Waals surface area contributed by atoms with Gasteiger partial charge >= 0.3 is 6.09 Å². The third kappa shape index (κ3) is 4.64. The first-order valence-electron chi connectivity index (χ1n) is 10.1. The van der Waals surface area contributed by atoms with E-state index in [0.29, 0.717) is 30.2 Å².